The van der Waals surface area contributed by atoms with Gasteiger partial charge in [0, 0.05) is 36.3 Å². The van der Waals surface area contributed by atoms with Crippen LogP contribution in [0.15, 0.2) is 54.7 Å². The van der Waals surface area contributed by atoms with Gasteiger partial charge in [0.25, 0.3) is 0 Å². The average molecular weight is 383 g/mol. The van der Waals surface area contributed by atoms with Crippen LogP contribution in [-0.2, 0) is 6.42 Å². The first-order chi connectivity index (χ1) is 13.6. The second kappa shape index (κ2) is 11.9. The number of nitrogens with one attached hydrogen (secondary N) is 2. The maximum absolute atomic E-state index is 11.7. The third-order valence-corrected chi connectivity index (χ3v) is 4.38. The number of phenolic OH excluding ortho intramolecular Hbond substituents is 1. The first-order valence-corrected chi connectivity index (χ1v) is 9.68. The van der Waals surface area contributed by atoms with Crippen molar-refractivity contribution in [3.05, 3.63) is 71.7 Å². The number of para-hydroxylation sites is 1. The molecule has 1 aromatic heterocycles. The number of hydrogen-bond acceptors (Lipinski definition) is 6. The zero-order chi connectivity index (χ0) is 20.2. The first-order valence-electron chi connectivity index (χ1n) is 9.68. The van der Waals surface area contributed by atoms with Gasteiger partial charge in [-0.2, -0.15) is 0 Å². The molecule has 1 fully saturated rings. The number of nitrogens with two attached hydrogens (primary N) is 1. The Bertz CT molecular complexity index is 771. The lowest BCUT2D eigenvalue weighted by atomic mass is 10.1. The predicted molar refractivity (Wildman–Crippen MR) is 112 cm³/mol. The van der Waals surface area contributed by atoms with Gasteiger partial charge in [0.1, 0.15) is 5.75 Å². The van der Waals surface area contributed by atoms with E-state index in [2.05, 4.69) is 15.6 Å². The standard InChI is InChI=1S/C13H16N2O2.C9H14N2/c16-12-4-2-1-3-11(12)13(17)6-8-15-10-5-7-14-9-10;1-8-4-2-5-9(11-8)6-3-7-10/h1-4,6,8,10,14-16H,5,7,9H2;2,4-5H,3,6-7,10H2,1H3/b8-6+;. The molecule has 5 N–H and O–H groups in total. The maximum Gasteiger partial charge on any atom is 0.190 e. The number of pyridine rings is 1. The Hall–Kier alpha value is -2.70. The summed E-state index contributed by atoms with van der Waals surface area (Å²) in [5.41, 5.74) is 7.95. The Balaban J connectivity index is 0.000000221. The van der Waals surface area contributed by atoms with Gasteiger partial charge in [-0.25, -0.2) is 0 Å². The Labute approximate surface area is 166 Å². The summed E-state index contributed by atoms with van der Waals surface area (Å²) < 4.78 is 0. The van der Waals surface area contributed by atoms with Crippen LogP contribution in [-0.4, -0.2) is 41.5 Å². The normalized spacial score (nSPS) is 15.9. The minimum absolute atomic E-state index is 0.0182. The van der Waals surface area contributed by atoms with Crippen LogP contribution in [0.1, 0.15) is 34.6 Å². The first kappa shape index (κ1) is 21.6. The molecule has 1 unspecified atom stereocenters. The highest BCUT2D eigenvalue weighted by molar-refractivity contribution is 6.06. The molecular formula is C22H30N4O2. The fourth-order valence-electron chi connectivity index (χ4n) is 2.85. The van der Waals surface area contributed by atoms with Crippen molar-refractivity contribution in [1.82, 2.24) is 15.6 Å². The minimum atomic E-state index is -0.193. The van der Waals surface area contributed by atoms with E-state index in [1.807, 2.05) is 25.1 Å². The van der Waals surface area contributed by atoms with Crippen LogP contribution < -0.4 is 16.4 Å². The second-order valence-electron chi connectivity index (χ2n) is 6.73. The third-order valence-electron chi connectivity index (χ3n) is 4.38. The number of ketones is 1. The van der Waals surface area contributed by atoms with Crippen molar-refractivity contribution >= 4 is 5.78 Å². The van der Waals surface area contributed by atoms with E-state index in [4.69, 9.17) is 5.73 Å². The zero-order valence-electron chi connectivity index (χ0n) is 16.4. The Kier molecular flexibility index (Phi) is 9.18. The maximum atomic E-state index is 11.7. The SMILES string of the molecule is Cc1cccc(CCCN)n1.O=C(/C=C/NC1CCNC1)c1ccccc1O. The number of carbonyl (C=O) groups excluding carboxylic acids is 1. The number of aromatic hydroxyl groups is 1. The largest absolute Gasteiger partial charge is 0.507 e. The van der Waals surface area contributed by atoms with Gasteiger partial charge < -0.3 is 21.5 Å². The molecule has 0 radical (unpaired) electrons. The summed E-state index contributed by atoms with van der Waals surface area (Å²) in [4.78, 5) is 16.1. The van der Waals surface area contributed by atoms with Gasteiger partial charge in [0.2, 0.25) is 0 Å². The molecule has 3 rings (SSSR count). The number of allylic oxidation sites excluding steroid dienone is 1. The average Bonchev–Trinajstić information content (AvgIpc) is 3.21. The molecule has 1 aromatic carbocycles. The van der Waals surface area contributed by atoms with E-state index < -0.39 is 0 Å². The molecule has 2 heterocycles. The van der Waals surface area contributed by atoms with Crippen molar-refractivity contribution in [3.8, 4) is 5.75 Å². The summed E-state index contributed by atoms with van der Waals surface area (Å²) in [5, 5.41) is 15.9. The lowest BCUT2D eigenvalue weighted by Crippen LogP contribution is -2.26. The quantitative estimate of drug-likeness (QED) is 0.433. The minimum Gasteiger partial charge on any atom is -0.507 e. The Morgan fingerprint density at radius 2 is 2.14 bits per heavy atom. The molecule has 0 saturated carbocycles. The number of benzene rings is 1. The van der Waals surface area contributed by atoms with E-state index in [0.717, 1.165) is 50.3 Å². The van der Waals surface area contributed by atoms with E-state index in [0.29, 0.717) is 11.6 Å². The van der Waals surface area contributed by atoms with E-state index in [1.165, 1.54) is 12.1 Å². The molecule has 1 aliphatic rings. The van der Waals surface area contributed by atoms with Gasteiger partial charge in [-0.1, -0.05) is 18.2 Å². The summed E-state index contributed by atoms with van der Waals surface area (Å²) in [5.74, 6) is -0.175. The Morgan fingerprint density at radius 3 is 2.82 bits per heavy atom. The number of nitrogens with zero attached hydrogens (tertiary/aromatic N) is 1. The highest BCUT2D eigenvalue weighted by Crippen LogP contribution is 2.16. The highest BCUT2D eigenvalue weighted by atomic mass is 16.3. The molecule has 1 aliphatic heterocycles. The molecule has 2 aromatic rings. The van der Waals surface area contributed by atoms with Crippen LogP contribution in [0.2, 0.25) is 0 Å². The molecule has 0 spiro atoms. The van der Waals surface area contributed by atoms with Crippen molar-refractivity contribution < 1.29 is 9.90 Å². The zero-order valence-corrected chi connectivity index (χ0v) is 16.4. The van der Waals surface area contributed by atoms with E-state index >= 15 is 0 Å². The Morgan fingerprint density at radius 1 is 1.32 bits per heavy atom. The topological polar surface area (TPSA) is 100 Å². The predicted octanol–water partition coefficient (Wildman–Crippen LogP) is 2.32. The van der Waals surface area contributed by atoms with Crippen molar-refractivity contribution in [2.24, 2.45) is 5.73 Å². The van der Waals surface area contributed by atoms with Crippen molar-refractivity contribution in [3.63, 3.8) is 0 Å². The number of aryl methyl sites for hydroxylation is 2. The summed E-state index contributed by atoms with van der Waals surface area (Å²) >= 11 is 0. The van der Waals surface area contributed by atoms with Gasteiger partial charge in [0.15, 0.2) is 5.78 Å². The number of phenols is 1. The number of hydrogen-bond donors (Lipinski definition) is 4. The van der Waals surface area contributed by atoms with Crippen LogP contribution in [0.3, 0.4) is 0 Å². The number of aromatic nitrogens is 1. The third kappa shape index (κ3) is 7.50. The van der Waals surface area contributed by atoms with E-state index in [-0.39, 0.29) is 11.5 Å². The monoisotopic (exact) mass is 382 g/mol. The van der Waals surface area contributed by atoms with Crippen molar-refractivity contribution in [2.75, 3.05) is 19.6 Å². The lowest BCUT2D eigenvalue weighted by Gasteiger charge is -2.07. The van der Waals surface area contributed by atoms with Crippen molar-refractivity contribution in [1.29, 1.82) is 0 Å². The van der Waals surface area contributed by atoms with Gasteiger partial charge >= 0.3 is 0 Å². The molecule has 6 heteroatoms. The summed E-state index contributed by atoms with van der Waals surface area (Å²) in [6.45, 7) is 4.69. The number of carbonyl (C=O) groups is 1. The van der Waals surface area contributed by atoms with Crippen LogP contribution >= 0.6 is 0 Å². The van der Waals surface area contributed by atoms with Gasteiger partial charge in [0.05, 0.1) is 5.56 Å². The molecule has 150 valence electrons. The molecule has 28 heavy (non-hydrogen) atoms. The molecule has 1 atom stereocenters. The molecular weight excluding hydrogens is 352 g/mol. The fourth-order valence-corrected chi connectivity index (χ4v) is 2.85. The van der Waals surface area contributed by atoms with Crippen LogP contribution in [0.5, 0.6) is 5.75 Å². The smallest absolute Gasteiger partial charge is 0.190 e. The van der Waals surface area contributed by atoms with Gasteiger partial charge in [-0.05, 0) is 63.5 Å². The highest BCUT2D eigenvalue weighted by Gasteiger charge is 2.12. The van der Waals surface area contributed by atoms with Gasteiger partial charge in [-0.15, -0.1) is 0 Å². The second-order valence-corrected chi connectivity index (χ2v) is 6.73. The summed E-state index contributed by atoms with van der Waals surface area (Å²) in [6.07, 6.45) is 6.20. The molecule has 6 nitrogen and oxygen atoms in total. The van der Waals surface area contributed by atoms with Gasteiger partial charge in [-0.3, -0.25) is 9.78 Å². The van der Waals surface area contributed by atoms with E-state index in [1.54, 1.807) is 24.4 Å². The van der Waals surface area contributed by atoms with Crippen LogP contribution in [0, 0.1) is 6.92 Å². The van der Waals surface area contributed by atoms with E-state index in [9.17, 15) is 9.90 Å². The fraction of sp³-hybridized carbons (Fsp3) is 0.364. The lowest BCUT2D eigenvalue weighted by molar-refractivity contribution is 0.104. The van der Waals surface area contributed by atoms with Crippen LogP contribution in [0.4, 0.5) is 0 Å². The number of rotatable bonds is 7. The molecule has 0 aliphatic carbocycles. The summed E-state index contributed by atoms with van der Waals surface area (Å²) in [6, 6.07) is 13.0. The molecule has 1 saturated heterocycles. The van der Waals surface area contributed by atoms with Crippen LogP contribution in [0.25, 0.3) is 0 Å². The van der Waals surface area contributed by atoms with Crippen molar-refractivity contribution in [2.45, 2.75) is 32.2 Å². The molecule has 0 amide bonds. The summed E-state index contributed by atoms with van der Waals surface area (Å²) in [7, 11) is 0. The molecule has 0 bridgehead atoms.